The number of rotatable bonds is 7. The van der Waals surface area contributed by atoms with Gasteiger partial charge in [0.1, 0.15) is 12.2 Å². The van der Waals surface area contributed by atoms with E-state index in [1.807, 2.05) is 6.92 Å². The molecule has 0 rings (SSSR count). The van der Waals surface area contributed by atoms with Crippen LogP contribution in [0.15, 0.2) is 0 Å². The second-order valence-electron chi connectivity index (χ2n) is 3.62. The summed E-state index contributed by atoms with van der Waals surface area (Å²) in [6.07, 6.45) is 2.54. The molecule has 0 spiro atoms. The first-order valence-electron chi connectivity index (χ1n) is 5.27. The Hall–Kier alpha value is -0.860. The molecule has 3 nitrogen and oxygen atoms in total. The van der Waals surface area contributed by atoms with E-state index in [1.165, 1.54) is 0 Å². The Balaban J connectivity index is 3.69. The lowest BCUT2D eigenvalue weighted by Gasteiger charge is -2.08. The summed E-state index contributed by atoms with van der Waals surface area (Å²) in [5, 5.41) is 0. The molecule has 0 aromatic heterocycles. The summed E-state index contributed by atoms with van der Waals surface area (Å²) in [5.74, 6) is -0.0347. The van der Waals surface area contributed by atoms with Gasteiger partial charge in [-0.2, -0.15) is 0 Å². The highest BCUT2D eigenvalue weighted by Crippen LogP contribution is 2.11. The molecule has 82 valence electrons. The monoisotopic (exact) mass is 200 g/mol. The van der Waals surface area contributed by atoms with E-state index in [-0.39, 0.29) is 12.2 Å². The molecule has 0 aliphatic carbocycles. The second kappa shape index (κ2) is 7.54. The van der Waals surface area contributed by atoms with Gasteiger partial charge in [-0.05, 0) is 12.8 Å². The Labute approximate surface area is 85.8 Å². The van der Waals surface area contributed by atoms with Crippen molar-refractivity contribution >= 4 is 11.8 Å². The van der Waals surface area contributed by atoms with Gasteiger partial charge in [0, 0.05) is 6.42 Å². The van der Waals surface area contributed by atoms with Crippen LogP contribution in [0.3, 0.4) is 0 Å². The van der Waals surface area contributed by atoms with Gasteiger partial charge >= 0.3 is 5.97 Å². The van der Waals surface area contributed by atoms with Crippen molar-refractivity contribution in [3.8, 4) is 0 Å². The lowest BCUT2D eigenvalue weighted by molar-refractivity contribution is -0.145. The summed E-state index contributed by atoms with van der Waals surface area (Å²) in [7, 11) is 0. The first-order chi connectivity index (χ1) is 6.60. The third-order valence-corrected chi connectivity index (χ3v) is 2.00. The minimum absolute atomic E-state index is 0.00981. The Morgan fingerprint density at radius 3 is 2.43 bits per heavy atom. The third kappa shape index (κ3) is 6.63. The van der Waals surface area contributed by atoms with Gasteiger partial charge in [0.05, 0.1) is 6.61 Å². The predicted molar refractivity (Wildman–Crippen MR) is 54.9 cm³/mol. The number of hydrogen-bond donors (Lipinski definition) is 0. The molecule has 0 amide bonds. The SMILES string of the molecule is CCC[C@@H](C)CC(=O)CC(=O)OCC. The van der Waals surface area contributed by atoms with Gasteiger partial charge in [-0.15, -0.1) is 0 Å². The molecule has 14 heavy (non-hydrogen) atoms. The van der Waals surface area contributed by atoms with Crippen LogP contribution in [-0.2, 0) is 14.3 Å². The van der Waals surface area contributed by atoms with Crippen molar-refractivity contribution in [2.75, 3.05) is 6.61 Å². The molecular weight excluding hydrogens is 180 g/mol. The van der Waals surface area contributed by atoms with Gasteiger partial charge in [-0.1, -0.05) is 26.7 Å². The minimum Gasteiger partial charge on any atom is -0.466 e. The van der Waals surface area contributed by atoms with Crippen LogP contribution >= 0.6 is 0 Å². The second-order valence-corrected chi connectivity index (χ2v) is 3.62. The third-order valence-electron chi connectivity index (χ3n) is 2.00. The maximum absolute atomic E-state index is 11.3. The fourth-order valence-corrected chi connectivity index (χ4v) is 1.43. The fourth-order valence-electron chi connectivity index (χ4n) is 1.43. The molecule has 0 heterocycles. The average Bonchev–Trinajstić information content (AvgIpc) is 2.03. The molecule has 1 atom stereocenters. The highest BCUT2D eigenvalue weighted by Gasteiger charge is 2.13. The summed E-state index contributed by atoms with van der Waals surface area (Å²) in [6, 6.07) is 0. The zero-order valence-electron chi connectivity index (χ0n) is 9.34. The largest absolute Gasteiger partial charge is 0.466 e. The molecule has 0 fully saturated rings. The van der Waals surface area contributed by atoms with Crippen molar-refractivity contribution in [3.63, 3.8) is 0 Å². The van der Waals surface area contributed by atoms with Crippen molar-refractivity contribution in [2.45, 2.75) is 46.5 Å². The summed E-state index contributed by atoms with van der Waals surface area (Å²) >= 11 is 0. The molecule has 3 heteroatoms. The lowest BCUT2D eigenvalue weighted by Crippen LogP contribution is -2.13. The van der Waals surface area contributed by atoms with E-state index >= 15 is 0 Å². The topological polar surface area (TPSA) is 43.4 Å². The molecule has 0 bridgehead atoms. The van der Waals surface area contributed by atoms with Crippen LogP contribution in [0.2, 0.25) is 0 Å². The van der Waals surface area contributed by atoms with E-state index in [0.717, 1.165) is 12.8 Å². The quantitative estimate of drug-likeness (QED) is 0.468. The maximum Gasteiger partial charge on any atom is 0.313 e. The van der Waals surface area contributed by atoms with Crippen molar-refractivity contribution in [1.82, 2.24) is 0 Å². The van der Waals surface area contributed by atoms with Crippen LogP contribution in [0.4, 0.5) is 0 Å². The van der Waals surface area contributed by atoms with E-state index in [2.05, 4.69) is 6.92 Å². The van der Waals surface area contributed by atoms with E-state index in [0.29, 0.717) is 18.9 Å². The Bertz CT molecular complexity index is 187. The van der Waals surface area contributed by atoms with Gasteiger partial charge in [0.15, 0.2) is 0 Å². The summed E-state index contributed by atoms with van der Waals surface area (Å²) in [4.78, 5) is 22.3. The number of hydrogen-bond acceptors (Lipinski definition) is 3. The minimum atomic E-state index is -0.402. The van der Waals surface area contributed by atoms with Crippen molar-refractivity contribution in [1.29, 1.82) is 0 Å². The summed E-state index contributed by atoms with van der Waals surface area (Å²) in [6.45, 7) is 6.21. The van der Waals surface area contributed by atoms with Gasteiger partial charge in [-0.3, -0.25) is 9.59 Å². The van der Waals surface area contributed by atoms with E-state index in [9.17, 15) is 9.59 Å². The van der Waals surface area contributed by atoms with Gasteiger partial charge in [0.25, 0.3) is 0 Å². The molecule has 0 aromatic carbocycles. The molecule has 0 aliphatic heterocycles. The van der Waals surface area contributed by atoms with E-state index in [4.69, 9.17) is 4.74 Å². The first-order valence-corrected chi connectivity index (χ1v) is 5.27. The Morgan fingerprint density at radius 2 is 1.93 bits per heavy atom. The first kappa shape index (κ1) is 13.1. The molecule has 0 N–H and O–H groups in total. The summed E-state index contributed by atoms with van der Waals surface area (Å²) < 4.78 is 4.69. The molecule has 0 aliphatic rings. The standard InChI is InChI=1S/C11H20O3/c1-4-6-9(3)7-10(12)8-11(13)14-5-2/h9H,4-8H2,1-3H3/t9-/m1/s1. The van der Waals surface area contributed by atoms with E-state index in [1.54, 1.807) is 6.92 Å². The van der Waals surface area contributed by atoms with Crippen molar-refractivity contribution in [3.05, 3.63) is 0 Å². The molecule has 0 radical (unpaired) electrons. The van der Waals surface area contributed by atoms with Crippen LogP contribution in [-0.4, -0.2) is 18.4 Å². The van der Waals surface area contributed by atoms with Crippen molar-refractivity contribution < 1.29 is 14.3 Å². The average molecular weight is 200 g/mol. The molecule has 0 saturated carbocycles. The van der Waals surface area contributed by atoms with Crippen LogP contribution in [0, 0.1) is 5.92 Å². The van der Waals surface area contributed by atoms with Crippen LogP contribution in [0.25, 0.3) is 0 Å². The lowest BCUT2D eigenvalue weighted by atomic mass is 9.98. The number of ketones is 1. The van der Waals surface area contributed by atoms with Crippen LogP contribution in [0.5, 0.6) is 0 Å². The number of carbonyl (C=O) groups excluding carboxylic acids is 2. The normalized spacial score (nSPS) is 12.2. The maximum atomic E-state index is 11.3. The van der Waals surface area contributed by atoms with E-state index < -0.39 is 5.97 Å². The zero-order chi connectivity index (χ0) is 11.0. The van der Waals surface area contributed by atoms with Crippen LogP contribution in [0.1, 0.15) is 46.5 Å². The predicted octanol–water partition coefficient (Wildman–Crippen LogP) is 2.33. The number of carbonyl (C=O) groups is 2. The highest BCUT2D eigenvalue weighted by atomic mass is 16.5. The highest BCUT2D eigenvalue weighted by molar-refractivity contribution is 5.95. The number of esters is 1. The molecular formula is C11H20O3. The number of ether oxygens (including phenoxy) is 1. The zero-order valence-corrected chi connectivity index (χ0v) is 9.34. The molecule has 0 aromatic rings. The van der Waals surface area contributed by atoms with Gasteiger partial charge in [0.2, 0.25) is 0 Å². The Kier molecular flexibility index (Phi) is 7.07. The van der Waals surface area contributed by atoms with Gasteiger partial charge in [-0.25, -0.2) is 0 Å². The van der Waals surface area contributed by atoms with Crippen LogP contribution < -0.4 is 0 Å². The molecule has 0 saturated heterocycles. The van der Waals surface area contributed by atoms with Crippen molar-refractivity contribution in [2.24, 2.45) is 5.92 Å². The Morgan fingerprint density at radius 1 is 1.29 bits per heavy atom. The van der Waals surface area contributed by atoms with Gasteiger partial charge < -0.3 is 4.74 Å². The molecule has 0 unspecified atom stereocenters. The number of Topliss-reactive ketones (excluding diaryl/α,β-unsaturated/α-hetero) is 1. The smallest absolute Gasteiger partial charge is 0.313 e. The fraction of sp³-hybridized carbons (Fsp3) is 0.818. The summed E-state index contributed by atoms with van der Waals surface area (Å²) in [5.41, 5.74) is 0.